The van der Waals surface area contributed by atoms with Crippen LogP contribution >= 0.6 is 0 Å². The van der Waals surface area contributed by atoms with Crippen LogP contribution in [0.4, 0.5) is 0 Å². The second-order valence-electron chi connectivity index (χ2n) is 7.66. The molecule has 2 aromatic carbocycles. The van der Waals surface area contributed by atoms with Gasteiger partial charge in [-0.05, 0) is 42.7 Å². The van der Waals surface area contributed by atoms with Gasteiger partial charge < -0.3 is 24.8 Å². The molecule has 0 heterocycles. The number of esters is 1. The van der Waals surface area contributed by atoms with E-state index in [0.717, 1.165) is 11.3 Å². The summed E-state index contributed by atoms with van der Waals surface area (Å²) in [6.07, 6.45) is 0.159. The van der Waals surface area contributed by atoms with Gasteiger partial charge in [-0.25, -0.2) is 4.79 Å². The Balaban J connectivity index is 1.68. The molecule has 178 valence electrons. The second-order valence-corrected chi connectivity index (χ2v) is 7.66. The number of carbonyl (C=O) groups excluding carboxylic acids is 3. The van der Waals surface area contributed by atoms with Crippen LogP contribution in [0.1, 0.15) is 26.3 Å². The van der Waals surface area contributed by atoms with Gasteiger partial charge in [-0.2, -0.15) is 0 Å². The van der Waals surface area contributed by atoms with Crippen LogP contribution < -0.4 is 20.1 Å². The minimum atomic E-state index is -0.836. The molecule has 0 bridgehead atoms. The molecule has 0 unspecified atom stereocenters. The van der Waals surface area contributed by atoms with Crippen molar-refractivity contribution in [1.29, 1.82) is 0 Å². The van der Waals surface area contributed by atoms with Gasteiger partial charge in [0.2, 0.25) is 5.91 Å². The molecule has 33 heavy (non-hydrogen) atoms. The van der Waals surface area contributed by atoms with Gasteiger partial charge in [0.1, 0.15) is 24.1 Å². The van der Waals surface area contributed by atoms with E-state index in [1.165, 1.54) is 0 Å². The van der Waals surface area contributed by atoms with Crippen molar-refractivity contribution in [2.45, 2.75) is 33.2 Å². The molecule has 2 amide bonds. The standard InChI is InChI=1S/C25H32N2O6/c1-4-31-20-10-12-21(13-11-20)32-15-14-26-23(29)17-33-25(30)24(18(2)3)27-22(28)16-19-8-6-5-7-9-19/h5-13,18,24H,4,14-17H2,1-3H3,(H,26,29)(H,27,28)/t24-/m0/s1. The average molecular weight is 457 g/mol. The summed E-state index contributed by atoms with van der Waals surface area (Å²) < 4.78 is 16.0. The van der Waals surface area contributed by atoms with Gasteiger partial charge in [0.05, 0.1) is 19.6 Å². The lowest BCUT2D eigenvalue weighted by atomic mass is 10.0. The Morgan fingerprint density at radius 2 is 1.52 bits per heavy atom. The third-order valence-electron chi connectivity index (χ3n) is 4.62. The summed E-state index contributed by atoms with van der Waals surface area (Å²) in [4.78, 5) is 36.7. The Bertz CT molecular complexity index is 884. The van der Waals surface area contributed by atoms with Crippen LogP contribution in [0.3, 0.4) is 0 Å². The summed E-state index contributed by atoms with van der Waals surface area (Å²) in [6, 6.07) is 15.6. The van der Waals surface area contributed by atoms with E-state index in [-0.39, 0.29) is 31.4 Å². The van der Waals surface area contributed by atoms with E-state index in [0.29, 0.717) is 12.4 Å². The van der Waals surface area contributed by atoms with E-state index in [4.69, 9.17) is 14.2 Å². The van der Waals surface area contributed by atoms with Crippen LogP contribution in [0.2, 0.25) is 0 Å². The predicted molar refractivity (Wildman–Crippen MR) is 124 cm³/mol. The normalized spacial score (nSPS) is 11.4. The van der Waals surface area contributed by atoms with Gasteiger partial charge in [-0.1, -0.05) is 44.2 Å². The average Bonchev–Trinajstić information content (AvgIpc) is 2.80. The molecular weight excluding hydrogens is 424 g/mol. The molecule has 2 N–H and O–H groups in total. The first-order chi connectivity index (χ1) is 15.9. The van der Waals surface area contributed by atoms with E-state index >= 15 is 0 Å². The minimum Gasteiger partial charge on any atom is -0.494 e. The number of carbonyl (C=O) groups is 3. The summed E-state index contributed by atoms with van der Waals surface area (Å²) in [6.45, 7) is 6.19. The molecule has 0 aliphatic carbocycles. The van der Waals surface area contributed by atoms with Crippen molar-refractivity contribution >= 4 is 17.8 Å². The van der Waals surface area contributed by atoms with Crippen LogP contribution in [0.15, 0.2) is 54.6 Å². The van der Waals surface area contributed by atoms with Gasteiger partial charge in [0.25, 0.3) is 5.91 Å². The van der Waals surface area contributed by atoms with Crippen molar-refractivity contribution < 1.29 is 28.6 Å². The van der Waals surface area contributed by atoms with Crippen molar-refractivity contribution in [2.75, 3.05) is 26.4 Å². The Kier molecular flexibility index (Phi) is 10.7. The van der Waals surface area contributed by atoms with Crippen molar-refractivity contribution in [1.82, 2.24) is 10.6 Å². The van der Waals surface area contributed by atoms with E-state index in [1.54, 1.807) is 38.1 Å². The highest BCUT2D eigenvalue weighted by Gasteiger charge is 2.26. The molecule has 0 aliphatic rings. The summed E-state index contributed by atoms with van der Waals surface area (Å²) in [5.41, 5.74) is 0.845. The molecule has 2 aromatic rings. The smallest absolute Gasteiger partial charge is 0.329 e. The minimum absolute atomic E-state index is 0.159. The Morgan fingerprint density at radius 1 is 0.879 bits per heavy atom. The number of hydrogen-bond donors (Lipinski definition) is 2. The third-order valence-corrected chi connectivity index (χ3v) is 4.62. The number of hydrogen-bond acceptors (Lipinski definition) is 6. The number of ether oxygens (including phenoxy) is 3. The lowest BCUT2D eigenvalue weighted by Crippen LogP contribution is -2.46. The van der Waals surface area contributed by atoms with Crippen molar-refractivity contribution in [3.05, 3.63) is 60.2 Å². The quantitative estimate of drug-likeness (QED) is 0.355. The highest BCUT2D eigenvalue weighted by atomic mass is 16.5. The van der Waals surface area contributed by atoms with Gasteiger partial charge in [-0.3, -0.25) is 9.59 Å². The molecule has 1 atom stereocenters. The number of rotatable bonds is 13. The van der Waals surface area contributed by atoms with Crippen LogP contribution in [0.5, 0.6) is 11.5 Å². The van der Waals surface area contributed by atoms with E-state index in [9.17, 15) is 14.4 Å². The molecule has 8 nitrogen and oxygen atoms in total. The molecule has 8 heteroatoms. The first kappa shape index (κ1) is 25.7. The lowest BCUT2D eigenvalue weighted by Gasteiger charge is -2.20. The number of nitrogens with one attached hydrogen (secondary N) is 2. The van der Waals surface area contributed by atoms with Gasteiger partial charge in [0.15, 0.2) is 6.61 Å². The van der Waals surface area contributed by atoms with Gasteiger partial charge in [0, 0.05) is 0 Å². The molecule has 0 aliphatic heterocycles. The van der Waals surface area contributed by atoms with Crippen LogP contribution in [-0.4, -0.2) is 50.2 Å². The van der Waals surface area contributed by atoms with Crippen LogP contribution in [0.25, 0.3) is 0 Å². The van der Waals surface area contributed by atoms with E-state index in [2.05, 4.69) is 10.6 Å². The van der Waals surface area contributed by atoms with Gasteiger partial charge >= 0.3 is 5.97 Å². The van der Waals surface area contributed by atoms with Crippen LogP contribution in [0, 0.1) is 5.92 Å². The maximum Gasteiger partial charge on any atom is 0.329 e. The van der Waals surface area contributed by atoms with E-state index < -0.39 is 24.5 Å². The number of amides is 2. The maximum absolute atomic E-state index is 12.4. The summed E-state index contributed by atoms with van der Waals surface area (Å²) in [5, 5.41) is 5.32. The Morgan fingerprint density at radius 3 is 2.12 bits per heavy atom. The fraction of sp³-hybridized carbons (Fsp3) is 0.400. The largest absolute Gasteiger partial charge is 0.494 e. The molecular formula is C25H32N2O6. The first-order valence-corrected chi connectivity index (χ1v) is 11.0. The van der Waals surface area contributed by atoms with Crippen molar-refractivity contribution in [3.8, 4) is 11.5 Å². The maximum atomic E-state index is 12.4. The van der Waals surface area contributed by atoms with Crippen molar-refractivity contribution in [2.24, 2.45) is 5.92 Å². The lowest BCUT2D eigenvalue weighted by molar-refractivity contribution is -0.152. The summed E-state index contributed by atoms with van der Waals surface area (Å²) >= 11 is 0. The zero-order valence-corrected chi connectivity index (χ0v) is 19.3. The topological polar surface area (TPSA) is 103 Å². The monoisotopic (exact) mass is 456 g/mol. The van der Waals surface area contributed by atoms with Crippen molar-refractivity contribution in [3.63, 3.8) is 0 Å². The fourth-order valence-corrected chi connectivity index (χ4v) is 2.94. The predicted octanol–water partition coefficient (Wildman–Crippen LogP) is 2.51. The summed E-state index contributed by atoms with van der Waals surface area (Å²) in [5.74, 6) is -0.152. The first-order valence-electron chi connectivity index (χ1n) is 11.0. The molecule has 0 spiro atoms. The number of benzene rings is 2. The third kappa shape index (κ3) is 9.64. The fourth-order valence-electron chi connectivity index (χ4n) is 2.94. The molecule has 2 rings (SSSR count). The zero-order chi connectivity index (χ0) is 24.1. The van der Waals surface area contributed by atoms with Crippen LogP contribution in [-0.2, 0) is 25.5 Å². The van der Waals surface area contributed by atoms with Gasteiger partial charge in [-0.15, -0.1) is 0 Å². The SMILES string of the molecule is CCOc1ccc(OCCNC(=O)COC(=O)[C@@H](NC(=O)Cc2ccccc2)C(C)C)cc1. The Hall–Kier alpha value is -3.55. The highest BCUT2D eigenvalue weighted by Crippen LogP contribution is 2.17. The Labute approximate surface area is 194 Å². The highest BCUT2D eigenvalue weighted by molar-refractivity contribution is 5.87. The zero-order valence-electron chi connectivity index (χ0n) is 19.3. The molecule has 0 saturated heterocycles. The second kappa shape index (κ2) is 13.8. The molecule has 0 radical (unpaired) electrons. The van der Waals surface area contributed by atoms with E-state index in [1.807, 2.05) is 37.3 Å². The molecule has 0 fully saturated rings. The molecule has 0 aromatic heterocycles. The molecule has 0 saturated carbocycles. The summed E-state index contributed by atoms with van der Waals surface area (Å²) in [7, 11) is 0.